The molecule has 2 aliphatic rings. The zero-order valence-electron chi connectivity index (χ0n) is 9.70. The third-order valence-corrected chi connectivity index (χ3v) is 4.51. The van der Waals surface area contributed by atoms with Gasteiger partial charge in [-0.3, -0.25) is 0 Å². The van der Waals surface area contributed by atoms with Crippen molar-refractivity contribution in [3.8, 4) is 0 Å². The Balaban J connectivity index is 2.17. The fourth-order valence-electron chi connectivity index (χ4n) is 3.83. The Morgan fingerprint density at radius 2 is 2.00 bits per heavy atom. The van der Waals surface area contributed by atoms with Crippen LogP contribution >= 0.6 is 0 Å². The number of rotatable bonds is 3. The molecule has 0 radical (unpaired) electrons. The maximum atomic E-state index is 9.48. The van der Waals surface area contributed by atoms with E-state index in [-0.39, 0.29) is 0 Å². The Hall–Kier alpha value is -0.340. The van der Waals surface area contributed by atoms with E-state index in [4.69, 9.17) is 0 Å². The van der Waals surface area contributed by atoms with Gasteiger partial charge in [0.05, 0.1) is 32.3 Å². The molecular formula is C13H24NO+. The van der Waals surface area contributed by atoms with E-state index in [9.17, 15) is 5.11 Å². The second-order valence-corrected chi connectivity index (χ2v) is 5.29. The summed E-state index contributed by atoms with van der Waals surface area (Å²) in [5.74, 6) is 0.555. The van der Waals surface area contributed by atoms with Crippen molar-refractivity contribution in [3.05, 3.63) is 12.7 Å². The summed E-state index contributed by atoms with van der Waals surface area (Å²) in [5, 5.41) is 9.48. The van der Waals surface area contributed by atoms with E-state index in [2.05, 4.69) is 12.7 Å². The number of hydrogen-bond donors (Lipinski definition) is 1. The van der Waals surface area contributed by atoms with Gasteiger partial charge < -0.3 is 9.59 Å². The van der Waals surface area contributed by atoms with Crippen molar-refractivity contribution in [1.82, 2.24) is 0 Å². The summed E-state index contributed by atoms with van der Waals surface area (Å²) in [5.41, 5.74) is 0. The maximum absolute atomic E-state index is 9.48. The molecule has 2 aliphatic heterocycles. The minimum Gasteiger partial charge on any atom is -0.396 e. The third-order valence-electron chi connectivity index (χ3n) is 4.51. The van der Waals surface area contributed by atoms with Crippen LogP contribution in [0, 0.1) is 5.92 Å². The summed E-state index contributed by atoms with van der Waals surface area (Å²) in [6.45, 7) is 8.04. The molecule has 2 saturated heterocycles. The monoisotopic (exact) mass is 210 g/mol. The van der Waals surface area contributed by atoms with E-state index in [0.29, 0.717) is 12.5 Å². The number of fused-ring (bicyclic) bond motifs is 1. The largest absolute Gasteiger partial charge is 0.396 e. The van der Waals surface area contributed by atoms with E-state index in [1.54, 1.807) is 0 Å². The van der Waals surface area contributed by atoms with Crippen LogP contribution in [0.25, 0.3) is 0 Å². The highest BCUT2D eigenvalue weighted by Crippen LogP contribution is 2.37. The van der Waals surface area contributed by atoms with Gasteiger partial charge in [-0.2, -0.15) is 0 Å². The van der Waals surface area contributed by atoms with Gasteiger partial charge >= 0.3 is 0 Å². The number of quaternary nitrogens is 1. The smallest absolute Gasteiger partial charge is 0.0973 e. The molecule has 0 amide bonds. The van der Waals surface area contributed by atoms with Crippen LogP contribution < -0.4 is 0 Å². The van der Waals surface area contributed by atoms with Crippen molar-refractivity contribution in [2.45, 2.75) is 38.1 Å². The van der Waals surface area contributed by atoms with Gasteiger partial charge in [-0.25, -0.2) is 0 Å². The van der Waals surface area contributed by atoms with E-state index in [0.717, 1.165) is 12.6 Å². The standard InChI is InChI=1S/C13H24NO/c1-2-8-14-9-4-3-7-13(14)12(11-15)6-5-10-14/h2,12-13,15H,1,3-11H2/q+1/t12-,13+,14+/m0/s1. The fourth-order valence-corrected chi connectivity index (χ4v) is 3.83. The molecule has 0 aromatic carbocycles. The van der Waals surface area contributed by atoms with Gasteiger partial charge in [0.25, 0.3) is 0 Å². The van der Waals surface area contributed by atoms with Crippen LogP contribution in [0.3, 0.4) is 0 Å². The minimum atomic E-state index is 0.391. The lowest BCUT2D eigenvalue weighted by atomic mass is 9.81. The molecule has 15 heavy (non-hydrogen) atoms. The second kappa shape index (κ2) is 4.67. The zero-order chi connectivity index (χ0) is 10.7. The van der Waals surface area contributed by atoms with Crippen molar-refractivity contribution in [3.63, 3.8) is 0 Å². The van der Waals surface area contributed by atoms with Crippen LogP contribution in [0.4, 0.5) is 0 Å². The van der Waals surface area contributed by atoms with Crippen LogP contribution in [-0.2, 0) is 0 Å². The number of piperidine rings is 2. The Labute approximate surface area is 93.2 Å². The van der Waals surface area contributed by atoms with Crippen molar-refractivity contribution in [2.75, 3.05) is 26.2 Å². The molecule has 86 valence electrons. The van der Waals surface area contributed by atoms with Gasteiger partial charge in [0.15, 0.2) is 0 Å². The average molecular weight is 210 g/mol. The summed E-state index contributed by atoms with van der Waals surface area (Å²) in [4.78, 5) is 0. The lowest BCUT2D eigenvalue weighted by molar-refractivity contribution is -0.959. The lowest BCUT2D eigenvalue weighted by Crippen LogP contribution is -2.63. The number of hydrogen-bond acceptors (Lipinski definition) is 1. The van der Waals surface area contributed by atoms with Crippen molar-refractivity contribution in [1.29, 1.82) is 0 Å². The molecular weight excluding hydrogens is 186 g/mol. The molecule has 0 unspecified atom stereocenters. The molecule has 0 aliphatic carbocycles. The summed E-state index contributed by atoms with van der Waals surface area (Å²) < 4.78 is 1.23. The molecule has 2 nitrogen and oxygen atoms in total. The molecule has 2 rings (SSSR count). The first-order valence-electron chi connectivity index (χ1n) is 6.40. The number of aliphatic hydroxyl groups excluding tert-OH is 1. The first-order valence-corrected chi connectivity index (χ1v) is 6.40. The van der Waals surface area contributed by atoms with Gasteiger partial charge in [-0.05, 0) is 31.8 Å². The van der Waals surface area contributed by atoms with Gasteiger partial charge in [0.1, 0.15) is 0 Å². The highest BCUT2D eigenvalue weighted by atomic mass is 16.3. The molecule has 0 aromatic rings. The van der Waals surface area contributed by atoms with E-state index in [1.165, 1.54) is 49.7 Å². The Bertz CT molecular complexity index is 225. The van der Waals surface area contributed by atoms with Crippen molar-refractivity contribution < 1.29 is 9.59 Å². The lowest BCUT2D eigenvalue weighted by Gasteiger charge is -2.53. The van der Waals surface area contributed by atoms with Gasteiger partial charge in [0.2, 0.25) is 0 Å². The Morgan fingerprint density at radius 1 is 1.20 bits per heavy atom. The highest BCUT2D eigenvalue weighted by molar-refractivity contribution is 4.81. The maximum Gasteiger partial charge on any atom is 0.0973 e. The Morgan fingerprint density at radius 3 is 2.73 bits per heavy atom. The topological polar surface area (TPSA) is 20.2 Å². The second-order valence-electron chi connectivity index (χ2n) is 5.29. The van der Waals surface area contributed by atoms with Gasteiger partial charge in [0, 0.05) is 12.3 Å². The van der Waals surface area contributed by atoms with Crippen LogP contribution in [0.1, 0.15) is 32.1 Å². The van der Waals surface area contributed by atoms with E-state index < -0.39 is 0 Å². The molecule has 2 heterocycles. The fraction of sp³-hybridized carbons (Fsp3) is 0.846. The summed E-state index contributed by atoms with van der Waals surface area (Å²) >= 11 is 0. The molecule has 1 N–H and O–H groups in total. The Kier molecular flexibility index (Phi) is 3.47. The van der Waals surface area contributed by atoms with E-state index in [1.807, 2.05) is 0 Å². The quantitative estimate of drug-likeness (QED) is 0.557. The first kappa shape index (κ1) is 11.2. The van der Waals surface area contributed by atoms with Crippen molar-refractivity contribution >= 4 is 0 Å². The summed E-state index contributed by atoms with van der Waals surface area (Å²) in [6, 6.07) is 0.718. The first-order chi connectivity index (χ1) is 7.32. The van der Waals surface area contributed by atoms with Crippen LogP contribution in [0.15, 0.2) is 12.7 Å². The predicted octanol–water partition coefficient (Wildman–Crippen LogP) is 1.94. The predicted molar refractivity (Wildman–Crippen MR) is 62.5 cm³/mol. The third kappa shape index (κ3) is 1.98. The SMILES string of the molecule is C=CC[N@+]12CCCC[C@@H]1[C@H](CO)CCC2. The van der Waals surface area contributed by atoms with Crippen LogP contribution in [0.5, 0.6) is 0 Å². The number of aliphatic hydroxyl groups is 1. The molecule has 2 heteroatoms. The number of nitrogens with zero attached hydrogens (tertiary/aromatic N) is 1. The highest BCUT2D eigenvalue weighted by Gasteiger charge is 2.45. The van der Waals surface area contributed by atoms with Gasteiger partial charge in [-0.15, -0.1) is 0 Å². The molecule has 0 saturated carbocycles. The van der Waals surface area contributed by atoms with Crippen molar-refractivity contribution in [2.24, 2.45) is 5.92 Å². The molecule has 0 aromatic heterocycles. The molecule has 0 bridgehead atoms. The van der Waals surface area contributed by atoms with Crippen LogP contribution in [-0.4, -0.2) is 41.9 Å². The van der Waals surface area contributed by atoms with Gasteiger partial charge in [-0.1, -0.05) is 6.58 Å². The zero-order valence-corrected chi connectivity index (χ0v) is 9.70. The molecule has 0 spiro atoms. The average Bonchev–Trinajstić information content (AvgIpc) is 2.28. The normalized spacial score (nSPS) is 40.9. The van der Waals surface area contributed by atoms with E-state index >= 15 is 0 Å². The molecule has 2 fully saturated rings. The minimum absolute atomic E-state index is 0.391. The van der Waals surface area contributed by atoms with Crippen LogP contribution in [0.2, 0.25) is 0 Å². The summed E-state index contributed by atoms with van der Waals surface area (Å²) in [6.07, 6.45) is 8.64. The molecule has 3 atom stereocenters. The summed E-state index contributed by atoms with van der Waals surface area (Å²) in [7, 11) is 0.